The number of rotatable bonds is 2. The molecule has 1 rings (SSSR count). The quantitative estimate of drug-likeness (QED) is 0.646. The van der Waals surface area contributed by atoms with Gasteiger partial charge in [-0.2, -0.15) is 0 Å². The zero-order valence-electron chi connectivity index (χ0n) is 13.2. The fourth-order valence-electron chi connectivity index (χ4n) is 2.74. The number of carbonyl (C=O) groups excluding carboxylic acids is 6. The molecular formula is C14H20N2O6+2. The van der Waals surface area contributed by atoms with Crippen LogP contribution in [0, 0.1) is 0 Å². The van der Waals surface area contributed by atoms with Crippen molar-refractivity contribution >= 4 is 35.4 Å². The molecule has 1 fully saturated rings. The normalized spacial score (nSPS) is 28.4. The molecule has 0 aliphatic carbocycles. The standard InChI is InChI=1S/C14H20N2O6/c1-5-11(19)15(9(3)17)7-14(22)16(10(4)18,8-13(15)21)12(20)6-2/h5-8H2,1-4H3/q+2. The molecule has 6 amide bonds. The number of amides is 6. The summed E-state index contributed by atoms with van der Waals surface area (Å²) < 4.78 is -2.50. The van der Waals surface area contributed by atoms with Crippen LogP contribution in [0.2, 0.25) is 0 Å². The highest BCUT2D eigenvalue weighted by atomic mass is 16.2. The predicted molar refractivity (Wildman–Crippen MR) is 72.2 cm³/mol. The Balaban J connectivity index is 3.49. The van der Waals surface area contributed by atoms with Gasteiger partial charge < -0.3 is 0 Å². The maximum Gasteiger partial charge on any atom is 0.385 e. The van der Waals surface area contributed by atoms with Gasteiger partial charge in [0.25, 0.3) is 0 Å². The number of carbonyl (C=O) groups is 6. The van der Waals surface area contributed by atoms with E-state index < -0.39 is 57.5 Å². The molecule has 0 aromatic rings. The Hall–Kier alpha value is -2.06. The summed E-state index contributed by atoms with van der Waals surface area (Å²) >= 11 is 0. The highest BCUT2D eigenvalue weighted by Crippen LogP contribution is 2.26. The predicted octanol–water partition coefficient (Wildman–Crippen LogP) is -0.347. The lowest BCUT2D eigenvalue weighted by atomic mass is 10.1. The third-order valence-corrected chi connectivity index (χ3v) is 4.13. The van der Waals surface area contributed by atoms with E-state index in [9.17, 15) is 28.8 Å². The van der Waals surface area contributed by atoms with Gasteiger partial charge in [-0.05, 0) is 0 Å². The fourth-order valence-corrected chi connectivity index (χ4v) is 2.74. The number of quaternary nitrogens is 2. The van der Waals surface area contributed by atoms with E-state index in [0.717, 1.165) is 13.8 Å². The Morgan fingerprint density at radius 1 is 0.773 bits per heavy atom. The number of nitrogens with zero attached hydrogens (tertiary/aromatic N) is 2. The first-order chi connectivity index (χ1) is 10.1. The Morgan fingerprint density at radius 3 is 1.23 bits per heavy atom. The van der Waals surface area contributed by atoms with Crippen molar-refractivity contribution in [3.05, 3.63) is 0 Å². The van der Waals surface area contributed by atoms with Gasteiger partial charge in [0, 0.05) is 0 Å². The van der Waals surface area contributed by atoms with Gasteiger partial charge in [0.15, 0.2) is 0 Å². The summed E-state index contributed by atoms with van der Waals surface area (Å²) in [5.74, 6) is -4.77. The van der Waals surface area contributed by atoms with Crippen molar-refractivity contribution in [2.24, 2.45) is 0 Å². The third-order valence-electron chi connectivity index (χ3n) is 4.13. The van der Waals surface area contributed by atoms with E-state index in [-0.39, 0.29) is 12.8 Å². The Kier molecular flexibility index (Phi) is 4.89. The van der Waals surface area contributed by atoms with Crippen molar-refractivity contribution in [1.82, 2.24) is 0 Å². The second-order valence-electron chi connectivity index (χ2n) is 5.26. The Bertz CT molecular complexity index is 544. The second kappa shape index (κ2) is 5.98. The SMILES string of the molecule is CCC(=O)[N+]1(C(C)=O)CC(=O)[N+](C(C)=O)(C(=O)CC)CC1=O. The van der Waals surface area contributed by atoms with Crippen molar-refractivity contribution < 1.29 is 37.7 Å². The molecule has 1 heterocycles. The summed E-state index contributed by atoms with van der Waals surface area (Å²) in [7, 11) is 0. The van der Waals surface area contributed by atoms with Gasteiger partial charge in [-0.3, -0.25) is 0 Å². The smallest absolute Gasteiger partial charge is 0.230 e. The monoisotopic (exact) mass is 312 g/mol. The maximum absolute atomic E-state index is 12.5. The zero-order valence-corrected chi connectivity index (χ0v) is 13.2. The van der Waals surface area contributed by atoms with E-state index in [1.165, 1.54) is 13.8 Å². The largest absolute Gasteiger partial charge is 0.385 e. The van der Waals surface area contributed by atoms with Gasteiger partial charge in [-0.25, -0.2) is 28.8 Å². The Morgan fingerprint density at radius 2 is 1.05 bits per heavy atom. The Labute approximate surface area is 127 Å². The van der Waals surface area contributed by atoms with E-state index in [0.29, 0.717) is 0 Å². The molecular weight excluding hydrogens is 292 g/mol. The zero-order chi connectivity index (χ0) is 17.3. The van der Waals surface area contributed by atoms with Crippen LogP contribution < -0.4 is 0 Å². The van der Waals surface area contributed by atoms with Crippen molar-refractivity contribution in [3.63, 3.8) is 0 Å². The van der Waals surface area contributed by atoms with Crippen LogP contribution >= 0.6 is 0 Å². The van der Waals surface area contributed by atoms with E-state index in [4.69, 9.17) is 0 Å². The van der Waals surface area contributed by atoms with Crippen LogP contribution in [0.3, 0.4) is 0 Å². The lowest BCUT2D eigenvalue weighted by Gasteiger charge is -2.38. The molecule has 2 atom stereocenters. The minimum absolute atomic E-state index is 0.111. The van der Waals surface area contributed by atoms with Gasteiger partial charge in [-0.1, -0.05) is 13.8 Å². The lowest BCUT2D eigenvalue weighted by molar-refractivity contribution is -0.776. The van der Waals surface area contributed by atoms with Crippen molar-refractivity contribution in [2.75, 3.05) is 13.1 Å². The number of hydrogen-bond donors (Lipinski definition) is 0. The topological polar surface area (TPSA) is 102 Å². The van der Waals surface area contributed by atoms with Gasteiger partial charge in [0.2, 0.25) is 13.1 Å². The number of piperazine rings is 1. The van der Waals surface area contributed by atoms with Crippen LogP contribution in [0.15, 0.2) is 0 Å². The van der Waals surface area contributed by atoms with Gasteiger partial charge in [0.1, 0.15) is 0 Å². The molecule has 1 aliphatic rings. The molecule has 8 nitrogen and oxygen atoms in total. The summed E-state index contributed by atoms with van der Waals surface area (Å²) in [6.45, 7) is 3.48. The van der Waals surface area contributed by atoms with Gasteiger partial charge >= 0.3 is 35.4 Å². The molecule has 1 aliphatic heterocycles. The number of hydrogen-bond acceptors (Lipinski definition) is 6. The van der Waals surface area contributed by atoms with Crippen LogP contribution in [0.1, 0.15) is 40.5 Å². The average molecular weight is 312 g/mol. The second-order valence-corrected chi connectivity index (χ2v) is 5.26. The van der Waals surface area contributed by atoms with Crippen LogP contribution in [-0.4, -0.2) is 57.5 Å². The molecule has 2 unspecified atom stereocenters. The van der Waals surface area contributed by atoms with Crippen molar-refractivity contribution in [2.45, 2.75) is 40.5 Å². The lowest BCUT2D eigenvalue weighted by Crippen LogP contribution is -2.77. The first-order valence-electron chi connectivity index (χ1n) is 7.03. The molecule has 22 heavy (non-hydrogen) atoms. The first kappa shape index (κ1) is 18.0. The van der Waals surface area contributed by atoms with E-state index in [1.807, 2.05) is 0 Å². The molecule has 0 N–H and O–H groups in total. The molecule has 1 saturated heterocycles. The summed E-state index contributed by atoms with van der Waals surface area (Å²) in [6, 6.07) is 0. The van der Waals surface area contributed by atoms with Crippen LogP contribution in [0.4, 0.5) is 0 Å². The van der Waals surface area contributed by atoms with Crippen LogP contribution in [0.25, 0.3) is 0 Å². The van der Waals surface area contributed by atoms with E-state index >= 15 is 0 Å². The summed E-state index contributed by atoms with van der Waals surface area (Å²) in [6.07, 6.45) is -0.221. The molecule has 0 aromatic heterocycles. The summed E-state index contributed by atoms with van der Waals surface area (Å²) in [5.41, 5.74) is 0. The molecule has 120 valence electrons. The molecule has 0 aromatic carbocycles. The highest BCUT2D eigenvalue weighted by Gasteiger charge is 2.66. The minimum Gasteiger partial charge on any atom is -0.230 e. The number of imide groups is 6. The summed E-state index contributed by atoms with van der Waals surface area (Å²) in [4.78, 5) is 73.0. The van der Waals surface area contributed by atoms with Gasteiger partial charge in [0.05, 0.1) is 26.7 Å². The first-order valence-corrected chi connectivity index (χ1v) is 7.03. The highest BCUT2D eigenvalue weighted by molar-refractivity contribution is 6.07. The summed E-state index contributed by atoms with van der Waals surface area (Å²) in [5, 5.41) is 0. The molecule has 0 radical (unpaired) electrons. The van der Waals surface area contributed by atoms with Crippen LogP contribution in [0.5, 0.6) is 0 Å². The average Bonchev–Trinajstić information content (AvgIpc) is 2.46. The third kappa shape index (κ3) is 2.24. The molecule has 0 bridgehead atoms. The maximum atomic E-state index is 12.5. The molecule has 0 saturated carbocycles. The van der Waals surface area contributed by atoms with Crippen molar-refractivity contribution in [3.8, 4) is 0 Å². The minimum atomic E-state index is -1.25. The van der Waals surface area contributed by atoms with Crippen LogP contribution in [-0.2, 0) is 28.8 Å². The molecule has 8 heteroatoms. The molecule has 0 spiro atoms. The fraction of sp³-hybridized carbons (Fsp3) is 0.571. The van der Waals surface area contributed by atoms with Crippen molar-refractivity contribution in [1.29, 1.82) is 0 Å². The van der Waals surface area contributed by atoms with E-state index in [2.05, 4.69) is 0 Å². The van der Waals surface area contributed by atoms with E-state index in [1.54, 1.807) is 0 Å². The van der Waals surface area contributed by atoms with Gasteiger partial charge in [-0.15, -0.1) is 8.97 Å².